The topological polar surface area (TPSA) is 76.7 Å². The molecule has 0 aromatic heterocycles. The Morgan fingerprint density at radius 3 is 2.50 bits per heavy atom. The van der Waals surface area contributed by atoms with Gasteiger partial charge in [0.1, 0.15) is 12.4 Å². The zero-order valence-electron chi connectivity index (χ0n) is 15.1. The van der Waals surface area contributed by atoms with E-state index >= 15 is 0 Å². The summed E-state index contributed by atoms with van der Waals surface area (Å²) >= 11 is 5.82. The molecule has 3 saturated carbocycles. The second-order valence-electron chi connectivity index (χ2n) is 7.48. The van der Waals surface area contributed by atoms with Gasteiger partial charge in [-0.3, -0.25) is 9.59 Å². The molecule has 2 bridgehead atoms. The lowest BCUT2D eigenvalue weighted by atomic mass is 9.76. The van der Waals surface area contributed by atoms with Gasteiger partial charge >= 0.3 is 0 Å². The van der Waals surface area contributed by atoms with Crippen molar-refractivity contribution < 1.29 is 19.1 Å². The predicted molar refractivity (Wildman–Crippen MR) is 98.2 cm³/mol. The standard InChI is InChI=1S/C19H25ClN2O4/c1-12(2)25-10-17(23)21-16-9-19(7-13(16)8-19)22-18(24)11-26-15-5-3-14(20)4-6-15/h3-6,12-13,16H,7-11H2,1-2H3,(H,21,23)(H,22,24)/t13?,16-,19?/m0/s1. The minimum atomic E-state index is -0.206. The van der Waals surface area contributed by atoms with Gasteiger partial charge < -0.3 is 20.1 Å². The van der Waals surface area contributed by atoms with Crippen LogP contribution in [0.25, 0.3) is 0 Å². The Morgan fingerprint density at radius 2 is 1.85 bits per heavy atom. The summed E-state index contributed by atoms with van der Waals surface area (Å²) in [6.07, 6.45) is 2.59. The molecule has 3 aliphatic rings. The monoisotopic (exact) mass is 380 g/mol. The summed E-state index contributed by atoms with van der Waals surface area (Å²) in [5, 5.41) is 6.74. The van der Waals surface area contributed by atoms with Crippen LogP contribution in [0.5, 0.6) is 5.75 Å². The van der Waals surface area contributed by atoms with Crippen LogP contribution in [0.4, 0.5) is 0 Å². The Morgan fingerprint density at radius 1 is 1.15 bits per heavy atom. The maximum atomic E-state index is 12.2. The normalized spacial score (nSPS) is 26.3. The van der Waals surface area contributed by atoms with Crippen LogP contribution in [0.15, 0.2) is 24.3 Å². The molecule has 0 saturated heterocycles. The molecule has 3 fully saturated rings. The summed E-state index contributed by atoms with van der Waals surface area (Å²) in [6, 6.07) is 7.01. The number of nitrogens with one attached hydrogen (secondary N) is 2. The molecule has 0 spiro atoms. The second kappa shape index (κ2) is 7.84. The maximum Gasteiger partial charge on any atom is 0.258 e. The minimum Gasteiger partial charge on any atom is -0.484 e. The molecule has 26 heavy (non-hydrogen) atoms. The summed E-state index contributed by atoms with van der Waals surface area (Å²) in [5.74, 6) is 0.794. The van der Waals surface area contributed by atoms with Crippen molar-refractivity contribution in [3.63, 3.8) is 0 Å². The fourth-order valence-electron chi connectivity index (χ4n) is 3.81. The highest BCUT2D eigenvalue weighted by molar-refractivity contribution is 6.30. The van der Waals surface area contributed by atoms with Crippen LogP contribution in [0.2, 0.25) is 5.02 Å². The van der Waals surface area contributed by atoms with Crippen molar-refractivity contribution in [2.45, 2.75) is 50.8 Å². The van der Waals surface area contributed by atoms with Crippen molar-refractivity contribution in [2.75, 3.05) is 13.2 Å². The third-order valence-corrected chi connectivity index (χ3v) is 5.22. The molecule has 2 amide bonds. The quantitative estimate of drug-likeness (QED) is 0.725. The number of amides is 2. The molecule has 4 rings (SSSR count). The number of ether oxygens (including phenoxy) is 2. The van der Waals surface area contributed by atoms with E-state index in [0.29, 0.717) is 16.7 Å². The van der Waals surface area contributed by atoms with Gasteiger partial charge in [-0.2, -0.15) is 0 Å². The zero-order valence-corrected chi connectivity index (χ0v) is 15.8. The van der Waals surface area contributed by atoms with E-state index in [-0.39, 0.29) is 42.7 Å². The highest BCUT2D eigenvalue weighted by Crippen LogP contribution is 2.51. The Hall–Kier alpha value is -1.79. The Kier molecular flexibility index (Phi) is 5.73. The molecule has 3 aliphatic carbocycles. The van der Waals surface area contributed by atoms with Crippen molar-refractivity contribution in [1.82, 2.24) is 10.6 Å². The van der Waals surface area contributed by atoms with Crippen molar-refractivity contribution >= 4 is 23.4 Å². The first-order valence-electron chi connectivity index (χ1n) is 8.95. The number of rotatable bonds is 8. The average molecular weight is 381 g/mol. The van der Waals surface area contributed by atoms with Crippen molar-refractivity contribution in [3.05, 3.63) is 29.3 Å². The summed E-state index contributed by atoms with van der Waals surface area (Å²) < 4.78 is 10.8. The van der Waals surface area contributed by atoms with Gasteiger partial charge in [0.05, 0.1) is 6.10 Å². The van der Waals surface area contributed by atoms with Crippen LogP contribution in [0.1, 0.15) is 33.1 Å². The number of hydrogen-bond donors (Lipinski definition) is 2. The van der Waals surface area contributed by atoms with Crippen LogP contribution >= 0.6 is 11.6 Å². The molecular formula is C19H25ClN2O4. The smallest absolute Gasteiger partial charge is 0.258 e. The molecular weight excluding hydrogens is 356 g/mol. The molecule has 1 aromatic rings. The van der Waals surface area contributed by atoms with Crippen LogP contribution < -0.4 is 15.4 Å². The van der Waals surface area contributed by atoms with Crippen molar-refractivity contribution in [1.29, 1.82) is 0 Å². The summed E-state index contributed by atoms with van der Waals surface area (Å²) in [4.78, 5) is 24.1. The first-order chi connectivity index (χ1) is 12.3. The highest BCUT2D eigenvalue weighted by atomic mass is 35.5. The third kappa shape index (κ3) is 4.68. The summed E-state index contributed by atoms with van der Waals surface area (Å²) in [7, 11) is 0. The lowest BCUT2D eigenvalue weighted by Gasteiger charge is -2.39. The predicted octanol–water partition coefficient (Wildman–Crippen LogP) is 2.30. The number of fused-ring (bicyclic) bond motifs is 1. The Bertz CT molecular complexity index is 656. The van der Waals surface area contributed by atoms with Gasteiger partial charge in [0.25, 0.3) is 5.91 Å². The van der Waals surface area contributed by atoms with E-state index in [1.165, 1.54) is 0 Å². The van der Waals surface area contributed by atoms with Gasteiger partial charge in [-0.25, -0.2) is 0 Å². The van der Waals surface area contributed by atoms with Crippen LogP contribution in [0, 0.1) is 5.92 Å². The third-order valence-electron chi connectivity index (χ3n) is 4.97. The average Bonchev–Trinajstić information content (AvgIpc) is 3.06. The zero-order chi connectivity index (χ0) is 18.7. The lowest BCUT2D eigenvalue weighted by molar-refractivity contribution is -0.128. The van der Waals surface area contributed by atoms with E-state index in [4.69, 9.17) is 21.1 Å². The molecule has 142 valence electrons. The molecule has 6 nitrogen and oxygen atoms in total. The van der Waals surface area contributed by atoms with E-state index in [0.717, 1.165) is 19.3 Å². The van der Waals surface area contributed by atoms with Gasteiger partial charge in [0, 0.05) is 16.6 Å². The molecule has 1 atom stereocenters. The first-order valence-corrected chi connectivity index (χ1v) is 9.33. The maximum absolute atomic E-state index is 12.2. The molecule has 0 unspecified atom stereocenters. The second-order valence-corrected chi connectivity index (χ2v) is 7.91. The largest absolute Gasteiger partial charge is 0.484 e. The van der Waals surface area contributed by atoms with Gasteiger partial charge in [-0.05, 0) is 63.3 Å². The number of benzene rings is 1. The molecule has 0 heterocycles. The van der Waals surface area contributed by atoms with E-state index < -0.39 is 0 Å². The lowest BCUT2D eigenvalue weighted by Crippen LogP contribution is -2.53. The Balaban J connectivity index is 1.41. The fraction of sp³-hybridized carbons (Fsp3) is 0.579. The van der Waals surface area contributed by atoms with Crippen LogP contribution in [0.3, 0.4) is 0 Å². The van der Waals surface area contributed by atoms with Gasteiger partial charge in [-0.1, -0.05) is 11.6 Å². The van der Waals surface area contributed by atoms with Crippen molar-refractivity contribution in [2.24, 2.45) is 5.92 Å². The number of carbonyl (C=O) groups is 2. The highest BCUT2D eigenvalue weighted by Gasteiger charge is 2.57. The minimum absolute atomic E-state index is 0.0317. The van der Waals surface area contributed by atoms with Gasteiger partial charge in [0.15, 0.2) is 6.61 Å². The van der Waals surface area contributed by atoms with E-state index in [9.17, 15) is 9.59 Å². The van der Waals surface area contributed by atoms with Gasteiger partial charge in [-0.15, -0.1) is 0 Å². The molecule has 0 aliphatic heterocycles. The van der Waals surface area contributed by atoms with Gasteiger partial charge in [0.2, 0.25) is 5.91 Å². The fourth-order valence-corrected chi connectivity index (χ4v) is 3.93. The molecule has 0 radical (unpaired) electrons. The molecule has 2 N–H and O–H groups in total. The summed E-state index contributed by atoms with van der Waals surface area (Å²) in [6.45, 7) is 3.84. The number of carbonyl (C=O) groups excluding carboxylic acids is 2. The first kappa shape index (κ1) is 19.0. The number of halogens is 1. The number of hydrogen-bond acceptors (Lipinski definition) is 4. The van der Waals surface area contributed by atoms with Crippen LogP contribution in [-0.2, 0) is 14.3 Å². The van der Waals surface area contributed by atoms with E-state index in [1.54, 1.807) is 24.3 Å². The molecule has 7 heteroatoms. The van der Waals surface area contributed by atoms with E-state index in [2.05, 4.69) is 10.6 Å². The molecule has 1 aromatic carbocycles. The summed E-state index contributed by atoms with van der Waals surface area (Å²) in [5.41, 5.74) is -0.206. The SMILES string of the molecule is CC(C)OCC(=O)N[C@H]1CC2(NC(=O)COc3ccc(Cl)cc3)CC1C2. The Labute approximate surface area is 158 Å². The van der Waals surface area contributed by atoms with Crippen LogP contribution in [-0.4, -0.2) is 42.7 Å². The van der Waals surface area contributed by atoms with E-state index in [1.807, 2.05) is 13.8 Å². The van der Waals surface area contributed by atoms with Crippen molar-refractivity contribution in [3.8, 4) is 5.75 Å².